The SMILES string of the molecule is COc1ccc(SC(C)C(=O)Nc2ccc(Cl)c(Cl)c2)cc1OC. The number of hydrogen-bond acceptors (Lipinski definition) is 4. The van der Waals surface area contributed by atoms with E-state index in [0.717, 1.165) is 4.90 Å². The molecule has 0 heterocycles. The molecule has 0 aromatic heterocycles. The highest BCUT2D eigenvalue weighted by molar-refractivity contribution is 8.00. The van der Waals surface area contributed by atoms with Crippen molar-refractivity contribution >= 4 is 46.6 Å². The van der Waals surface area contributed by atoms with Crippen molar-refractivity contribution in [3.8, 4) is 11.5 Å². The number of amides is 1. The molecule has 1 N–H and O–H groups in total. The Labute approximate surface area is 155 Å². The summed E-state index contributed by atoms with van der Waals surface area (Å²) in [4.78, 5) is 13.2. The lowest BCUT2D eigenvalue weighted by molar-refractivity contribution is -0.115. The Morgan fingerprint density at radius 1 is 1.04 bits per heavy atom. The van der Waals surface area contributed by atoms with Gasteiger partial charge in [0.1, 0.15) is 0 Å². The summed E-state index contributed by atoms with van der Waals surface area (Å²) in [5, 5.41) is 3.36. The maximum absolute atomic E-state index is 12.3. The molecule has 1 atom stereocenters. The summed E-state index contributed by atoms with van der Waals surface area (Å²) in [6, 6.07) is 10.5. The Balaban J connectivity index is 2.04. The van der Waals surface area contributed by atoms with Gasteiger partial charge in [0.25, 0.3) is 0 Å². The number of rotatable bonds is 6. The zero-order valence-electron chi connectivity index (χ0n) is 13.4. The number of methoxy groups -OCH3 is 2. The van der Waals surface area contributed by atoms with Crippen molar-refractivity contribution < 1.29 is 14.3 Å². The fourth-order valence-corrected chi connectivity index (χ4v) is 3.16. The van der Waals surface area contributed by atoms with Gasteiger partial charge in [-0.15, -0.1) is 11.8 Å². The zero-order chi connectivity index (χ0) is 17.7. The molecule has 2 aromatic carbocycles. The first-order valence-corrected chi connectivity index (χ1v) is 8.72. The van der Waals surface area contributed by atoms with Crippen molar-refractivity contribution in [3.05, 3.63) is 46.4 Å². The maximum Gasteiger partial charge on any atom is 0.237 e. The summed E-state index contributed by atoms with van der Waals surface area (Å²) in [6.07, 6.45) is 0. The van der Waals surface area contributed by atoms with E-state index in [0.29, 0.717) is 27.2 Å². The smallest absolute Gasteiger partial charge is 0.237 e. The fraction of sp³-hybridized carbons (Fsp3) is 0.235. The molecule has 1 amide bonds. The molecule has 128 valence electrons. The van der Waals surface area contributed by atoms with E-state index in [1.54, 1.807) is 32.4 Å². The van der Waals surface area contributed by atoms with Crippen LogP contribution < -0.4 is 14.8 Å². The molecule has 1 unspecified atom stereocenters. The monoisotopic (exact) mass is 385 g/mol. The molecule has 24 heavy (non-hydrogen) atoms. The van der Waals surface area contributed by atoms with E-state index in [-0.39, 0.29) is 11.2 Å². The molecule has 0 saturated heterocycles. The van der Waals surface area contributed by atoms with Crippen molar-refractivity contribution in [2.45, 2.75) is 17.1 Å². The van der Waals surface area contributed by atoms with Gasteiger partial charge in [-0.3, -0.25) is 4.79 Å². The highest BCUT2D eigenvalue weighted by Crippen LogP contribution is 2.34. The molecule has 7 heteroatoms. The minimum Gasteiger partial charge on any atom is -0.493 e. The van der Waals surface area contributed by atoms with E-state index in [4.69, 9.17) is 32.7 Å². The van der Waals surface area contributed by atoms with Crippen LogP contribution >= 0.6 is 35.0 Å². The summed E-state index contributed by atoms with van der Waals surface area (Å²) in [5.74, 6) is 1.14. The lowest BCUT2D eigenvalue weighted by Crippen LogP contribution is -2.22. The molecule has 0 aliphatic heterocycles. The van der Waals surface area contributed by atoms with Crippen molar-refractivity contribution in [1.82, 2.24) is 0 Å². The van der Waals surface area contributed by atoms with Gasteiger partial charge in [-0.05, 0) is 43.3 Å². The quantitative estimate of drug-likeness (QED) is 0.700. The molecule has 0 spiro atoms. The highest BCUT2D eigenvalue weighted by atomic mass is 35.5. The third-order valence-corrected chi connectivity index (χ3v) is 5.06. The fourth-order valence-electron chi connectivity index (χ4n) is 1.97. The lowest BCUT2D eigenvalue weighted by Gasteiger charge is -2.14. The molecular weight excluding hydrogens is 369 g/mol. The number of thioether (sulfide) groups is 1. The van der Waals surface area contributed by atoms with Crippen molar-refractivity contribution in [2.24, 2.45) is 0 Å². The largest absolute Gasteiger partial charge is 0.493 e. The van der Waals surface area contributed by atoms with Gasteiger partial charge in [0.05, 0.1) is 29.5 Å². The molecule has 4 nitrogen and oxygen atoms in total. The van der Waals surface area contributed by atoms with Crippen LogP contribution in [0.15, 0.2) is 41.3 Å². The Bertz CT molecular complexity index is 740. The summed E-state index contributed by atoms with van der Waals surface area (Å²) in [6.45, 7) is 1.83. The van der Waals surface area contributed by atoms with Gasteiger partial charge in [0.15, 0.2) is 11.5 Å². The van der Waals surface area contributed by atoms with Crippen LogP contribution in [0.1, 0.15) is 6.92 Å². The van der Waals surface area contributed by atoms with Crippen molar-refractivity contribution in [2.75, 3.05) is 19.5 Å². The van der Waals surface area contributed by atoms with Gasteiger partial charge >= 0.3 is 0 Å². The third kappa shape index (κ3) is 4.72. The molecule has 2 rings (SSSR count). The second kappa shape index (κ2) is 8.51. The van der Waals surface area contributed by atoms with E-state index in [1.165, 1.54) is 11.8 Å². The second-order valence-electron chi connectivity index (χ2n) is 4.90. The number of anilines is 1. The number of nitrogens with one attached hydrogen (secondary N) is 1. The van der Waals surface area contributed by atoms with Gasteiger partial charge < -0.3 is 14.8 Å². The first kappa shape index (κ1) is 18.8. The average molecular weight is 386 g/mol. The summed E-state index contributed by atoms with van der Waals surface area (Å²) in [5.41, 5.74) is 0.606. The van der Waals surface area contributed by atoms with Crippen LogP contribution in [0.3, 0.4) is 0 Å². The molecular formula is C17H17Cl2NO3S. The summed E-state index contributed by atoms with van der Waals surface area (Å²) < 4.78 is 10.5. The zero-order valence-corrected chi connectivity index (χ0v) is 15.8. The van der Waals surface area contributed by atoms with Crippen LogP contribution in [-0.4, -0.2) is 25.4 Å². The molecule has 0 radical (unpaired) electrons. The van der Waals surface area contributed by atoms with E-state index >= 15 is 0 Å². The van der Waals surface area contributed by atoms with Crippen LogP contribution in [0, 0.1) is 0 Å². The Hall–Kier alpha value is -1.56. The van der Waals surface area contributed by atoms with Crippen LogP contribution in [0.4, 0.5) is 5.69 Å². The number of carbonyl (C=O) groups is 1. The number of hydrogen-bond donors (Lipinski definition) is 1. The molecule has 0 aliphatic rings. The Morgan fingerprint density at radius 2 is 1.75 bits per heavy atom. The van der Waals surface area contributed by atoms with Crippen LogP contribution in [0.25, 0.3) is 0 Å². The Kier molecular flexibility index (Phi) is 6.66. The number of benzene rings is 2. The van der Waals surface area contributed by atoms with Gasteiger partial charge in [0, 0.05) is 10.6 Å². The van der Waals surface area contributed by atoms with Crippen LogP contribution in [0.2, 0.25) is 10.0 Å². The Morgan fingerprint density at radius 3 is 2.38 bits per heavy atom. The molecule has 0 bridgehead atoms. The van der Waals surface area contributed by atoms with E-state index in [2.05, 4.69) is 5.32 Å². The van der Waals surface area contributed by atoms with Gasteiger partial charge in [0.2, 0.25) is 5.91 Å². The standard InChI is InChI=1S/C17H17Cl2NO3S/c1-10(17(21)20-11-4-6-13(18)14(19)8-11)24-12-5-7-15(22-2)16(9-12)23-3/h4-10H,1-3H3,(H,20,21). The molecule has 2 aromatic rings. The normalized spacial score (nSPS) is 11.7. The van der Waals surface area contributed by atoms with E-state index < -0.39 is 0 Å². The third-order valence-electron chi connectivity index (χ3n) is 3.22. The van der Waals surface area contributed by atoms with Crippen molar-refractivity contribution in [3.63, 3.8) is 0 Å². The van der Waals surface area contributed by atoms with Gasteiger partial charge in [-0.25, -0.2) is 0 Å². The molecule has 0 aliphatic carbocycles. The highest BCUT2D eigenvalue weighted by Gasteiger charge is 2.16. The first-order chi connectivity index (χ1) is 11.4. The van der Waals surface area contributed by atoms with Crippen LogP contribution in [-0.2, 0) is 4.79 Å². The minimum atomic E-state index is -0.308. The van der Waals surface area contributed by atoms with Gasteiger partial charge in [-0.2, -0.15) is 0 Å². The molecule has 0 fully saturated rings. The topological polar surface area (TPSA) is 47.6 Å². The minimum absolute atomic E-state index is 0.131. The first-order valence-electron chi connectivity index (χ1n) is 7.09. The van der Waals surface area contributed by atoms with E-state index in [1.807, 2.05) is 25.1 Å². The van der Waals surface area contributed by atoms with Crippen LogP contribution in [0.5, 0.6) is 11.5 Å². The maximum atomic E-state index is 12.3. The number of carbonyl (C=O) groups excluding carboxylic acids is 1. The number of ether oxygens (including phenoxy) is 2. The predicted octanol–water partition coefficient (Wildman–Crippen LogP) is 5.13. The summed E-state index contributed by atoms with van der Waals surface area (Å²) in [7, 11) is 3.16. The second-order valence-corrected chi connectivity index (χ2v) is 7.12. The molecule has 0 saturated carbocycles. The summed E-state index contributed by atoms with van der Waals surface area (Å²) >= 11 is 13.2. The average Bonchev–Trinajstić information content (AvgIpc) is 2.57. The lowest BCUT2D eigenvalue weighted by atomic mass is 10.3. The van der Waals surface area contributed by atoms with E-state index in [9.17, 15) is 4.79 Å². The predicted molar refractivity (Wildman–Crippen MR) is 100.0 cm³/mol. The van der Waals surface area contributed by atoms with Crippen molar-refractivity contribution in [1.29, 1.82) is 0 Å². The van der Waals surface area contributed by atoms with Gasteiger partial charge in [-0.1, -0.05) is 23.2 Å². The number of halogens is 2.